The van der Waals surface area contributed by atoms with E-state index in [-0.39, 0.29) is 11.9 Å². The molecule has 0 saturated carbocycles. The number of hydrogen-bond donors (Lipinski definition) is 3. The number of nitrogens with one attached hydrogen (secondary N) is 3. The van der Waals surface area contributed by atoms with Gasteiger partial charge in [0.2, 0.25) is 5.91 Å². The van der Waals surface area contributed by atoms with Crippen molar-refractivity contribution in [2.24, 2.45) is 0 Å². The Morgan fingerprint density at radius 2 is 2.27 bits per heavy atom. The van der Waals surface area contributed by atoms with Crippen molar-refractivity contribution in [3.63, 3.8) is 0 Å². The van der Waals surface area contributed by atoms with Crippen LogP contribution in [0.1, 0.15) is 32.6 Å². The minimum absolute atomic E-state index is 0.0473. The predicted octanol–water partition coefficient (Wildman–Crippen LogP) is 0.585. The fourth-order valence-corrected chi connectivity index (χ4v) is 1.07. The zero-order valence-corrected chi connectivity index (χ0v) is 9.59. The molecular formula is C10H18N4O. The average Bonchev–Trinajstić information content (AvgIpc) is 2.70. The van der Waals surface area contributed by atoms with Crippen LogP contribution in [0.3, 0.4) is 0 Å². The van der Waals surface area contributed by atoms with Crippen molar-refractivity contribution in [3.8, 4) is 0 Å². The summed E-state index contributed by atoms with van der Waals surface area (Å²) in [7, 11) is 1.76. The van der Waals surface area contributed by atoms with Gasteiger partial charge in [-0.05, 0) is 27.8 Å². The molecule has 3 N–H and O–H groups in total. The molecule has 0 bridgehead atoms. The highest BCUT2D eigenvalue weighted by Gasteiger charge is 2.26. The monoisotopic (exact) mass is 210 g/mol. The lowest BCUT2D eigenvalue weighted by molar-refractivity contribution is -0.126. The van der Waals surface area contributed by atoms with E-state index in [2.05, 4.69) is 20.6 Å². The Labute approximate surface area is 89.7 Å². The van der Waals surface area contributed by atoms with Crippen LogP contribution in [-0.4, -0.2) is 28.5 Å². The average molecular weight is 210 g/mol. The maximum Gasteiger partial charge on any atom is 0.240 e. The van der Waals surface area contributed by atoms with Crippen molar-refractivity contribution >= 4 is 5.91 Å². The maximum atomic E-state index is 11.8. The van der Waals surface area contributed by atoms with Crippen molar-refractivity contribution in [2.45, 2.75) is 32.4 Å². The Hall–Kier alpha value is -1.36. The minimum atomic E-state index is -0.569. The Balaban J connectivity index is 2.60. The van der Waals surface area contributed by atoms with Crippen molar-refractivity contribution in [3.05, 3.63) is 18.2 Å². The zero-order chi connectivity index (χ0) is 11.5. The molecule has 84 valence electrons. The number of carbonyl (C=O) groups is 1. The summed E-state index contributed by atoms with van der Waals surface area (Å²) in [6.45, 7) is 5.55. The first kappa shape index (κ1) is 11.7. The summed E-state index contributed by atoms with van der Waals surface area (Å²) < 4.78 is 0. The molecule has 1 heterocycles. The van der Waals surface area contributed by atoms with Gasteiger partial charge in [-0.2, -0.15) is 0 Å². The Bertz CT molecular complexity index is 318. The predicted molar refractivity (Wildman–Crippen MR) is 58.3 cm³/mol. The lowest BCUT2D eigenvalue weighted by Gasteiger charge is -2.24. The molecule has 1 unspecified atom stereocenters. The fourth-order valence-electron chi connectivity index (χ4n) is 1.07. The molecule has 5 heteroatoms. The van der Waals surface area contributed by atoms with Gasteiger partial charge in [0.05, 0.1) is 11.6 Å². The first-order chi connectivity index (χ1) is 6.97. The number of likely N-dealkylation sites (N-methyl/N-ethyl adjacent to an activating group) is 1. The second kappa shape index (κ2) is 4.44. The van der Waals surface area contributed by atoms with Crippen LogP contribution in [0, 0.1) is 0 Å². The van der Waals surface area contributed by atoms with Crippen LogP contribution in [0.2, 0.25) is 0 Å². The van der Waals surface area contributed by atoms with Crippen LogP contribution < -0.4 is 10.6 Å². The van der Waals surface area contributed by atoms with E-state index in [0.717, 1.165) is 5.82 Å². The lowest BCUT2D eigenvalue weighted by atomic mass is 10.0. The Morgan fingerprint density at radius 1 is 1.60 bits per heavy atom. The van der Waals surface area contributed by atoms with Crippen molar-refractivity contribution < 1.29 is 4.79 Å². The van der Waals surface area contributed by atoms with Gasteiger partial charge in [0.1, 0.15) is 5.82 Å². The van der Waals surface area contributed by atoms with Gasteiger partial charge < -0.3 is 15.6 Å². The number of aromatic amines is 1. The molecule has 1 aromatic rings. The van der Waals surface area contributed by atoms with E-state index in [1.807, 2.05) is 20.8 Å². The molecule has 0 aliphatic rings. The summed E-state index contributed by atoms with van der Waals surface area (Å²) in [5.74, 6) is 0.712. The van der Waals surface area contributed by atoms with Crippen LogP contribution in [0.4, 0.5) is 0 Å². The van der Waals surface area contributed by atoms with Gasteiger partial charge in [-0.15, -0.1) is 0 Å². The van der Waals surface area contributed by atoms with Gasteiger partial charge in [-0.25, -0.2) is 4.98 Å². The highest BCUT2D eigenvalue weighted by Crippen LogP contribution is 2.08. The third-order valence-electron chi connectivity index (χ3n) is 2.47. The Morgan fingerprint density at radius 3 is 2.73 bits per heavy atom. The molecule has 0 saturated heterocycles. The van der Waals surface area contributed by atoms with Crippen LogP contribution in [0.5, 0.6) is 0 Å². The molecule has 0 spiro atoms. The molecule has 0 aliphatic heterocycles. The zero-order valence-electron chi connectivity index (χ0n) is 9.59. The summed E-state index contributed by atoms with van der Waals surface area (Å²) >= 11 is 0. The molecular weight excluding hydrogens is 192 g/mol. The molecule has 0 fully saturated rings. The minimum Gasteiger partial charge on any atom is -0.347 e. The molecule has 0 aliphatic carbocycles. The summed E-state index contributed by atoms with van der Waals surface area (Å²) in [5, 5.41) is 5.83. The quantitative estimate of drug-likeness (QED) is 0.681. The smallest absolute Gasteiger partial charge is 0.240 e. The molecule has 0 radical (unpaired) electrons. The van der Waals surface area contributed by atoms with E-state index in [1.54, 1.807) is 19.4 Å². The number of aromatic nitrogens is 2. The number of imidazole rings is 1. The van der Waals surface area contributed by atoms with Gasteiger partial charge in [0.25, 0.3) is 0 Å². The van der Waals surface area contributed by atoms with Crippen LogP contribution in [0.25, 0.3) is 0 Å². The second-order valence-electron chi connectivity index (χ2n) is 4.04. The number of rotatable bonds is 4. The van der Waals surface area contributed by atoms with Gasteiger partial charge >= 0.3 is 0 Å². The molecule has 15 heavy (non-hydrogen) atoms. The van der Waals surface area contributed by atoms with Crippen molar-refractivity contribution in [1.29, 1.82) is 0 Å². The van der Waals surface area contributed by atoms with E-state index in [9.17, 15) is 4.79 Å². The van der Waals surface area contributed by atoms with Gasteiger partial charge in [-0.3, -0.25) is 4.79 Å². The molecule has 1 atom stereocenters. The third kappa shape index (κ3) is 2.79. The van der Waals surface area contributed by atoms with Gasteiger partial charge in [0, 0.05) is 12.4 Å². The fraction of sp³-hybridized carbons (Fsp3) is 0.600. The van der Waals surface area contributed by atoms with E-state index >= 15 is 0 Å². The summed E-state index contributed by atoms with van der Waals surface area (Å²) in [6.07, 6.45) is 3.41. The Kier molecular flexibility index (Phi) is 3.47. The van der Waals surface area contributed by atoms with Crippen LogP contribution in [-0.2, 0) is 4.79 Å². The standard InChI is InChI=1S/C10H18N4O/c1-7(8-12-5-6-13-8)14-9(15)10(2,3)11-4/h5-7,11H,1-4H3,(H,12,13)(H,14,15). The van der Waals surface area contributed by atoms with Gasteiger partial charge in [-0.1, -0.05) is 0 Å². The topological polar surface area (TPSA) is 69.8 Å². The number of hydrogen-bond acceptors (Lipinski definition) is 3. The normalized spacial score (nSPS) is 13.6. The van der Waals surface area contributed by atoms with E-state index in [1.165, 1.54) is 0 Å². The highest BCUT2D eigenvalue weighted by atomic mass is 16.2. The second-order valence-corrected chi connectivity index (χ2v) is 4.04. The number of carbonyl (C=O) groups excluding carboxylic acids is 1. The van der Waals surface area contributed by atoms with Crippen molar-refractivity contribution in [2.75, 3.05) is 7.05 Å². The van der Waals surface area contributed by atoms with Crippen molar-refractivity contribution in [1.82, 2.24) is 20.6 Å². The van der Waals surface area contributed by atoms with Crippen LogP contribution in [0.15, 0.2) is 12.4 Å². The van der Waals surface area contributed by atoms with E-state index < -0.39 is 5.54 Å². The lowest BCUT2D eigenvalue weighted by Crippen LogP contribution is -2.51. The molecule has 1 aromatic heterocycles. The number of H-pyrrole nitrogens is 1. The van der Waals surface area contributed by atoms with Gasteiger partial charge in [0.15, 0.2) is 0 Å². The third-order valence-corrected chi connectivity index (χ3v) is 2.47. The summed E-state index contributed by atoms with van der Waals surface area (Å²) in [6, 6.07) is -0.111. The molecule has 5 nitrogen and oxygen atoms in total. The van der Waals surface area contributed by atoms with E-state index in [0.29, 0.717) is 0 Å². The number of nitrogens with zero attached hydrogens (tertiary/aromatic N) is 1. The SMILES string of the molecule is CNC(C)(C)C(=O)NC(C)c1ncc[nH]1. The molecule has 0 aromatic carbocycles. The number of amides is 1. The summed E-state index contributed by atoms with van der Waals surface area (Å²) in [5.41, 5.74) is -0.569. The maximum absolute atomic E-state index is 11.8. The first-order valence-electron chi connectivity index (χ1n) is 4.96. The molecule has 1 rings (SSSR count). The first-order valence-corrected chi connectivity index (χ1v) is 4.96. The van der Waals surface area contributed by atoms with Crippen LogP contribution >= 0.6 is 0 Å². The van der Waals surface area contributed by atoms with E-state index in [4.69, 9.17) is 0 Å². The largest absolute Gasteiger partial charge is 0.347 e. The highest BCUT2D eigenvalue weighted by molar-refractivity contribution is 5.85. The summed E-state index contributed by atoms with van der Waals surface area (Å²) in [4.78, 5) is 18.8. The molecule has 1 amide bonds.